The van der Waals surface area contributed by atoms with Crippen molar-refractivity contribution in [2.45, 2.75) is 6.42 Å². The minimum Gasteiger partial charge on any atom is -0.278 e. The number of azide groups is 1. The summed E-state index contributed by atoms with van der Waals surface area (Å²) in [7, 11) is 0. The quantitative estimate of drug-likeness (QED) is 0.287. The molecule has 18 heavy (non-hydrogen) atoms. The van der Waals surface area contributed by atoms with Crippen molar-refractivity contribution in [2.24, 2.45) is 5.11 Å². The van der Waals surface area contributed by atoms with Gasteiger partial charge in [0, 0.05) is 35.2 Å². The van der Waals surface area contributed by atoms with Gasteiger partial charge in [0.2, 0.25) is 0 Å². The molecular weight excluding hydrogens is 226 g/mol. The molecule has 0 bridgehead atoms. The van der Waals surface area contributed by atoms with E-state index in [1.54, 1.807) is 6.20 Å². The van der Waals surface area contributed by atoms with Crippen molar-refractivity contribution in [2.75, 3.05) is 6.54 Å². The lowest BCUT2D eigenvalue weighted by Crippen LogP contribution is -1.84. The Morgan fingerprint density at radius 3 is 3.00 bits per heavy atom. The Bertz CT molecular complexity index is 612. The van der Waals surface area contributed by atoms with Crippen LogP contribution in [0.2, 0.25) is 0 Å². The summed E-state index contributed by atoms with van der Waals surface area (Å²) in [5.74, 6) is 6.07. The Balaban J connectivity index is 2.20. The molecule has 0 saturated carbocycles. The van der Waals surface area contributed by atoms with Gasteiger partial charge in [0.1, 0.15) is 0 Å². The van der Waals surface area contributed by atoms with Gasteiger partial charge in [-0.15, -0.1) is 0 Å². The van der Waals surface area contributed by atoms with E-state index in [-0.39, 0.29) is 0 Å². The zero-order valence-corrected chi connectivity index (χ0v) is 9.67. The Morgan fingerprint density at radius 2 is 2.22 bits per heavy atom. The number of hydrogen-bond donors (Lipinski definition) is 1. The van der Waals surface area contributed by atoms with E-state index in [2.05, 4.69) is 32.1 Å². The molecular formula is C13H11N5. The highest BCUT2D eigenvalue weighted by Crippen LogP contribution is 2.20. The maximum Gasteiger partial charge on any atom is 0.0662 e. The monoisotopic (exact) mass is 237 g/mol. The third-order valence-electron chi connectivity index (χ3n) is 2.34. The molecule has 0 saturated heterocycles. The van der Waals surface area contributed by atoms with Gasteiger partial charge in [0.25, 0.3) is 0 Å². The van der Waals surface area contributed by atoms with Gasteiger partial charge in [-0.2, -0.15) is 5.10 Å². The molecule has 0 amide bonds. The highest BCUT2D eigenvalue weighted by atomic mass is 15.1. The van der Waals surface area contributed by atoms with Crippen LogP contribution in [0.1, 0.15) is 12.0 Å². The number of aromatic nitrogens is 2. The van der Waals surface area contributed by atoms with Crippen LogP contribution in [0.3, 0.4) is 0 Å². The lowest BCUT2D eigenvalue weighted by atomic mass is 10.1. The zero-order valence-electron chi connectivity index (χ0n) is 9.67. The smallest absolute Gasteiger partial charge is 0.0662 e. The summed E-state index contributed by atoms with van der Waals surface area (Å²) >= 11 is 0. The first kappa shape index (κ1) is 11.8. The van der Waals surface area contributed by atoms with Gasteiger partial charge < -0.3 is 0 Å². The van der Waals surface area contributed by atoms with Crippen LogP contribution < -0.4 is 0 Å². The molecule has 1 aromatic heterocycles. The standard InChI is InChI=1S/C13H11N5/c14-18-16-9-4-3-6-11-5-1-2-7-12(11)13-8-10-15-17-13/h1-2,5,7-8,10H,4,9H2,(H,15,17). The first-order valence-corrected chi connectivity index (χ1v) is 5.50. The van der Waals surface area contributed by atoms with Gasteiger partial charge in [-0.05, 0) is 17.7 Å². The highest BCUT2D eigenvalue weighted by Gasteiger charge is 2.02. The van der Waals surface area contributed by atoms with Gasteiger partial charge in [0.15, 0.2) is 0 Å². The third kappa shape index (κ3) is 2.91. The number of nitrogens with one attached hydrogen (secondary N) is 1. The third-order valence-corrected chi connectivity index (χ3v) is 2.34. The second-order valence-electron chi connectivity index (χ2n) is 3.52. The fraction of sp³-hybridized carbons (Fsp3) is 0.154. The predicted molar refractivity (Wildman–Crippen MR) is 69.5 cm³/mol. The van der Waals surface area contributed by atoms with Gasteiger partial charge in [-0.3, -0.25) is 5.10 Å². The summed E-state index contributed by atoms with van der Waals surface area (Å²) < 4.78 is 0. The van der Waals surface area contributed by atoms with E-state index in [1.807, 2.05) is 30.3 Å². The topological polar surface area (TPSA) is 77.4 Å². The molecule has 1 heterocycles. The molecule has 1 N–H and O–H groups in total. The maximum atomic E-state index is 8.15. The fourth-order valence-corrected chi connectivity index (χ4v) is 1.54. The molecule has 0 fully saturated rings. The normalized spacial score (nSPS) is 9.11. The molecule has 0 spiro atoms. The first-order valence-electron chi connectivity index (χ1n) is 5.50. The lowest BCUT2D eigenvalue weighted by Gasteiger charge is -2.00. The van der Waals surface area contributed by atoms with E-state index in [0.29, 0.717) is 13.0 Å². The SMILES string of the molecule is [N-]=[N+]=NCCC#Cc1ccccc1-c1ccn[nH]1. The molecule has 88 valence electrons. The molecule has 1 aromatic carbocycles. The molecule has 0 unspecified atom stereocenters. The Labute approximate surface area is 104 Å². The van der Waals surface area contributed by atoms with Crippen molar-refractivity contribution >= 4 is 0 Å². The molecule has 0 radical (unpaired) electrons. The maximum absolute atomic E-state index is 8.15. The summed E-state index contributed by atoms with van der Waals surface area (Å²) in [4.78, 5) is 2.68. The van der Waals surface area contributed by atoms with E-state index < -0.39 is 0 Å². The van der Waals surface area contributed by atoms with Crippen LogP contribution in [0.25, 0.3) is 21.7 Å². The molecule has 2 aromatic rings. The second-order valence-corrected chi connectivity index (χ2v) is 3.52. The summed E-state index contributed by atoms with van der Waals surface area (Å²) in [5.41, 5.74) is 11.0. The summed E-state index contributed by atoms with van der Waals surface area (Å²) in [5, 5.41) is 10.3. The van der Waals surface area contributed by atoms with Gasteiger partial charge in [-0.1, -0.05) is 35.2 Å². The first-order chi connectivity index (χ1) is 8.92. The average Bonchev–Trinajstić information content (AvgIpc) is 2.93. The highest BCUT2D eigenvalue weighted by molar-refractivity contribution is 5.67. The number of aromatic amines is 1. The zero-order chi connectivity index (χ0) is 12.6. The summed E-state index contributed by atoms with van der Waals surface area (Å²) in [6.07, 6.45) is 2.27. The summed E-state index contributed by atoms with van der Waals surface area (Å²) in [6.45, 7) is 0.399. The van der Waals surface area contributed by atoms with E-state index >= 15 is 0 Å². The van der Waals surface area contributed by atoms with Gasteiger partial charge in [0.05, 0.1) is 5.69 Å². The molecule has 0 aliphatic carbocycles. The van der Waals surface area contributed by atoms with Crippen LogP contribution in [0, 0.1) is 11.8 Å². The van der Waals surface area contributed by atoms with E-state index in [4.69, 9.17) is 5.53 Å². The number of H-pyrrole nitrogens is 1. The average molecular weight is 237 g/mol. The molecule has 0 aliphatic rings. The van der Waals surface area contributed by atoms with E-state index in [1.165, 1.54) is 0 Å². The molecule has 5 heteroatoms. The van der Waals surface area contributed by atoms with Crippen molar-refractivity contribution in [3.63, 3.8) is 0 Å². The van der Waals surface area contributed by atoms with Gasteiger partial charge in [-0.25, -0.2) is 0 Å². The predicted octanol–water partition coefficient (Wildman–Crippen LogP) is 3.13. The molecule has 2 rings (SSSR count). The van der Waals surface area contributed by atoms with Crippen LogP contribution in [0.4, 0.5) is 0 Å². The van der Waals surface area contributed by atoms with Crippen LogP contribution in [-0.4, -0.2) is 16.7 Å². The molecule has 0 atom stereocenters. The van der Waals surface area contributed by atoms with Crippen LogP contribution in [0.5, 0.6) is 0 Å². The van der Waals surface area contributed by atoms with E-state index in [9.17, 15) is 0 Å². The number of nitrogens with zero attached hydrogens (tertiary/aromatic N) is 4. The van der Waals surface area contributed by atoms with E-state index in [0.717, 1.165) is 16.8 Å². The van der Waals surface area contributed by atoms with Crippen LogP contribution in [-0.2, 0) is 0 Å². The number of hydrogen-bond acceptors (Lipinski definition) is 2. The second kappa shape index (κ2) is 6.14. The Morgan fingerprint density at radius 1 is 1.33 bits per heavy atom. The Kier molecular flexibility index (Phi) is 4.02. The van der Waals surface area contributed by atoms with Crippen molar-refractivity contribution < 1.29 is 0 Å². The molecule has 0 aliphatic heterocycles. The summed E-state index contributed by atoms with van der Waals surface area (Å²) in [6, 6.07) is 9.75. The largest absolute Gasteiger partial charge is 0.278 e. The van der Waals surface area contributed by atoms with Crippen molar-refractivity contribution in [1.82, 2.24) is 10.2 Å². The van der Waals surface area contributed by atoms with Crippen LogP contribution >= 0.6 is 0 Å². The number of benzene rings is 1. The fourth-order valence-electron chi connectivity index (χ4n) is 1.54. The number of rotatable bonds is 3. The Hall–Kier alpha value is -2.70. The van der Waals surface area contributed by atoms with Crippen molar-refractivity contribution in [3.8, 4) is 23.1 Å². The van der Waals surface area contributed by atoms with Crippen molar-refractivity contribution in [1.29, 1.82) is 0 Å². The minimum atomic E-state index is 0.399. The van der Waals surface area contributed by atoms with Gasteiger partial charge >= 0.3 is 0 Å². The van der Waals surface area contributed by atoms with Crippen LogP contribution in [0.15, 0.2) is 41.6 Å². The van der Waals surface area contributed by atoms with Crippen molar-refractivity contribution in [3.05, 3.63) is 52.5 Å². The minimum absolute atomic E-state index is 0.399. The lowest BCUT2D eigenvalue weighted by molar-refractivity contribution is 1.01. The molecule has 5 nitrogen and oxygen atoms in total.